The van der Waals surface area contributed by atoms with Crippen LogP contribution in [0.25, 0.3) is 0 Å². The molecule has 3 rings (SSSR count). The van der Waals surface area contributed by atoms with Crippen LogP contribution in [0.2, 0.25) is 0 Å². The number of hydrogen-bond acceptors (Lipinski definition) is 7. The third-order valence-electron chi connectivity index (χ3n) is 4.34. The van der Waals surface area contributed by atoms with Crippen LogP contribution < -0.4 is 20.7 Å². The van der Waals surface area contributed by atoms with Crippen LogP contribution in [0.1, 0.15) is 32.2 Å². The number of ether oxygens (including phenoxy) is 1. The maximum atomic E-state index is 14.0. The van der Waals surface area contributed by atoms with E-state index < -0.39 is 29.2 Å². The molecule has 0 atom stereocenters. The lowest BCUT2D eigenvalue weighted by molar-refractivity contribution is 0.0963. The van der Waals surface area contributed by atoms with Crippen LogP contribution in [0.15, 0.2) is 30.5 Å². The number of carbonyl (C=O) groups is 2. The molecule has 0 fully saturated rings. The maximum Gasteiger partial charge on any atom is 0.259 e. The van der Waals surface area contributed by atoms with Gasteiger partial charge in [0.25, 0.3) is 11.8 Å². The van der Waals surface area contributed by atoms with Gasteiger partial charge in [0.05, 0.1) is 23.9 Å². The first-order valence-corrected chi connectivity index (χ1v) is 9.38. The molecule has 0 saturated carbocycles. The topological polar surface area (TPSA) is 118 Å². The second-order valence-electron chi connectivity index (χ2n) is 6.66. The van der Waals surface area contributed by atoms with Crippen molar-refractivity contribution in [3.63, 3.8) is 0 Å². The number of nitrogens with one attached hydrogen (secondary N) is 3. The van der Waals surface area contributed by atoms with Crippen LogP contribution in [0, 0.1) is 25.5 Å². The molecule has 1 aromatic carbocycles. The van der Waals surface area contributed by atoms with Crippen LogP contribution in [-0.4, -0.2) is 40.9 Å². The minimum Gasteiger partial charge on any atom is -0.493 e. The molecule has 0 unspecified atom stereocenters. The summed E-state index contributed by atoms with van der Waals surface area (Å²) < 4.78 is 32.4. The number of aryl methyl sites for hydroxylation is 2. The Balaban J connectivity index is 1.98. The SMILES string of the molecule is CNC(=O)c1cnc(Nc2cc(C)nc(C)n2)cc1NC(=O)c1ccc(F)c(F)c1OC. The summed E-state index contributed by atoms with van der Waals surface area (Å²) in [6.45, 7) is 3.55. The van der Waals surface area contributed by atoms with E-state index in [4.69, 9.17) is 4.74 Å². The summed E-state index contributed by atoms with van der Waals surface area (Å²) in [5.74, 6) is -3.02. The van der Waals surface area contributed by atoms with Crippen molar-refractivity contribution in [2.75, 3.05) is 24.8 Å². The summed E-state index contributed by atoms with van der Waals surface area (Å²) in [5.41, 5.74) is 0.632. The minimum atomic E-state index is -1.29. The highest BCUT2D eigenvalue weighted by atomic mass is 19.2. The number of carbonyl (C=O) groups excluding carboxylic acids is 2. The number of benzene rings is 1. The Bertz CT molecular complexity index is 1180. The van der Waals surface area contributed by atoms with E-state index in [0.717, 1.165) is 24.9 Å². The van der Waals surface area contributed by atoms with Gasteiger partial charge in [-0.1, -0.05) is 0 Å². The Morgan fingerprint density at radius 2 is 1.75 bits per heavy atom. The third kappa shape index (κ3) is 4.77. The number of pyridine rings is 1. The molecule has 32 heavy (non-hydrogen) atoms. The van der Waals surface area contributed by atoms with Crippen molar-refractivity contribution in [3.05, 3.63) is 64.7 Å². The molecule has 2 heterocycles. The van der Waals surface area contributed by atoms with E-state index in [9.17, 15) is 18.4 Å². The van der Waals surface area contributed by atoms with Crippen molar-refractivity contribution in [1.82, 2.24) is 20.3 Å². The van der Waals surface area contributed by atoms with E-state index >= 15 is 0 Å². The van der Waals surface area contributed by atoms with Gasteiger partial charge in [-0.25, -0.2) is 19.3 Å². The molecule has 3 N–H and O–H groups in total. The van der Waals surface area contributed by atoms with Gasteiger partial charge >= 0.3 is 0 Å². The lowest BCUT2D eigenvalue weighted by Gasteiger charge is -2.14. The summed E-state index contributed by atoms with van der Waals surface area (Å²) in [5, 5.41) is 7.97. The summed E-state index contributed by atoms with van der Waals surface area (Å²) in [6, 6.07) is 5.01. The van der Waals surface area contributed by atoms with Gasteiger partial charge in [0.15, 0.2) is 11.6 Å². The maximum absolute atomic E-state index is 14.0. The van der Waals surface area contributed by atoms with Crippen molar-refractivity contribution >= 4 is 29.1 Å². The summed E-state index contributed by atoms with van der Waals surface area (Å²) >= 11 is 0. The Kier molecular flexibility index (Phi) is 6.57. The number of anilines is 3. The molecule has 0 saturated heterocycles. The van der Waals surface area contributed by atoms with Gasteiger partial charge in [-0.2, -0.15) is 4.39 Å². The van der Waals surface area contributed by atoms with E-state index in [1.54, 1.807) is 13.0 Å². The number of hydrogen-bond donors (Lipinski definition) is 3. The highest BCUT2D eigenvalue weighted by molar-refractivity contribution is 6.10. The zero-order valence-electron chi connectivity index (χ0n) is 17.7. The van der Waals surface area contributed by atoms with Crippen LogP contribution in [-0.2, 0) is 0 Å². The molecule has 11 heteroatoms. The Morgan fingerprint density at radius 1 is 1.00 bits per heavy atom. The molecule has 0 spiro atoms. The van der Waals surface area contributed by atoms with E-state index in [1.165, 1.54) is 19.3 Å². The highest BCUT2D eigenvalue weighted by Crippen LogP contribution is 2.27. The molecule has 9 nitrogen and oxygen atoms in total. The molecule has 0 bridgehead atoms. The Labute approximate surface area is 182 Å². The summed E-state index contributed by atoms with van der Waals surface area (Å²) in [6.07, 6.45) is 1.26. The van der Waals surface area contributed by atoms with Crippen molar-refractivity contribution in [3.8, 4) is 5.75 Å². The van der Waals surface area contributed by atoms with E-state index in [1.807, 2.05) is 6.92 Å². The average Bonchev–Trinajstić information content (AvgIpc) is 2.74. The lowest BCUT2D eigenvalue weighted by Crippen LogP contribution is -2.22. The first-order valence-electron chi connectivity index (χ1n) is 9.38. The number of aromatic nitrogens is 3. The fourth-order valence-electron chi connectivity index (χ4n) is 2.96. The Morgan fingerprint density at radius 3 is 2.41 bits per heavy atom. The van der Waals surface area contributed by atoms with Crippen molar-refractivity contribution in [2.24, 2.45) is 0 Å². The smallest absolute Gasteiger partial charge is 0.259 e. The van der Waals surface area contributed by atoms with Gasteiger partial charge in [0.2, 0.25) is 5.82 Å². The lowest BCUT2D eigenvalue weighted by atomic mass is 10.1. The normalized spacial score (nSPS) is 10.4. The fourth-order valence-corrected chi connectivity index (χ4v) is 2.96. The monoisotopic (exact) mass is 442 g/mol. The number of halogens is 2. The molecule has 2 aromatic heterocycles. The van der Waals surface area contributed by atoms with Gasteiger partial charge in [-0.05, 0) is 26.0 Å². The number of nitrogens with zero attached hydrogens (tertiary/aromatic N) is 3. The molecular formula is C21H20F2N6O3. The second-order valence-corrected chi connectivity index (χ2v) is 6.66. The number of amides is 2. The van der Waals surface area contributed by atoms with Crippen LogP contribution >= 0.6 is 0 Å². The van der Waals surface area contributed by atoms with Crippen LogP contribution in [0.4, 0.5) is 26.1 Å². The molecule has 0 aliphatic carbocycles. The standard InChI is InChI=1S/C21H20F2N6O3/c1-10-7-17(27-11(2)26-10)29-16-8-15(13(9-25-16)20(30)24-3)28-21(31)12-5-6-14(22)18(23)19(12)32-4/h5-9H,1-4H3,(H,24,30)(H2,25,26,27,28,29,31). The highest BCUT2D eigenvalue weighted by Gasteiger charge is 2.22. The molecule has 166 valence electrons. The fraction of sp³-hybridized carbons (Fsp3) is 0.190. The van der Waals surface area contributed by atoms with Gasteiger partial charge in [-0.15, -0.1) is 0 Å². The molecular weight excluding hydrogens is 422 g/mol. The predicted octanol–water partition coefficient (Wildman–Crippen LogP) is 3.13. The quantitative estimate of drug-likeness (QED) is 0.537. The summed E-state index contributed by atoms with van der Waals surface area (Å²) in [7, 11) is 2.54. The first kappa shape index (κ1) is 22.5. The second kappa shape index (κ2) is 9.33. The Hall–Kier alpha value is -4.15. The van der Waals surface area contributed by atoms with Crippen LogP contribution in [0.5, 0.6) is 5.75 Å². The third-order valence-corrected chi connectivity index (χ3v) is 4.34. The zero-order valence-corrected chi connectivity index (χ0v) is 17.7. The summed E-state index contributed by atoms with van der Waals surface area (Å²) in [4.78, 5) is 37.7. The zero-order chi connectivity index (χ0) is 23.4. The van der Waals surface area contributed by atoms with Crippen molar-refractivity contribution in [1.29, 1.82) is 0 Å². The van der Waals surface area contributed by atoms with E-state index in [2.05, 4.69) is 30.9 Å². The van der Waals surface area contributed by atoms with Crippen molar-refractivity contribution < 1.29 is 23.1 Å². The van der Waals surface area contributed by atoms with Gasteiger partial charge < -0.3 is 20.7 Å². The largest absolute Gasteiger partial charge is 0.493 e. The molecule has 0 radical (unpaired) electrons. The predicted molar refractivity (Wildman–Crippen MR) is 113 cm³/mol. The number of rotatable bonds is 6. The molecule has 0 aliphatic rings. The minimum absolute atomic E-state index is 0.0583. The number of methoxy groups -OCH3 is 1. The molecule has 0 aliphatic heterocycles. The van der Waals surface area contributed by atoms with E-state index in [-0.39, 0.29) is 22.6 Å². The van der Waals surface area contributed by atoms with E-state index in [0.29, 0.717) is 11.6 Å². The van der Waals surface area contributed by atoms with Gasteiger partial charge in [0.1, 0.15) is 17.5 Å². The van der Waals surface area contributed by atoms with Crippen molar-refractivity contribution in [2.45, 2.75) is 13.8 Å². The molecule has 2 amide bonds. The van der Waals surface area contributed by atoms with Crippen LogP contribution in [0.3, 0.4) is 0 Å². The van der Waals surface area contributed by atoms with Gasteiger partial charge in [-0.3, -0.25) is 9.59 Å². The first-order chi connectivity index (χ1) is 15.2. The average molecular weight is 442 g/mol. The van der Waals surface area contributed by atoms with Gasteiger partial charge in [0, 0.05) is 31.1 Å². The molecule has 3 aromatic rings.